The highest BCUT2D eigenvalue weighted by Gasteiger charge is 1.99. The van der Waals surface area contributed by atoms with Crippen molar-refractivity contribution in [1.29, 1.82) is 5.26 Å². The summed E-state index contributed by atoms with van der Waals surface area (Å²) in [7, 11) is 0. The van der Waals surface area contributed by atoms with Gasteiger partial charge in [0.1, 0.15) is 0 Å². The molecule has 0 saturated heterocycles. The molecule has 0 unspecified atom stereocenters. The van der Waals surface area contributed by atoms with E-state index in [4.69, 9.17) is 28.5 Å². The minimum absolute atomic E-state index is 0.477. The van der Waals surface area contributed by atoms with Gasteiger partial charge in [-0.3, -0.25) is 0 Å². The summed E-state index contributed by atoms with van der Waals surface area (Å²) in [5.74, 6) is 0. The van der Waals surface area contributed by atoms with Gasteiger partial charge in [0, 0.05) is 6.08 Å². The van der Waals surface area contributed by atoms with Crippen LogP contribution in [-0.2, 0) is 0 Å². The SMILES string of the molecule is N#CC=Cc1cccc(Cl)c1Cl. The van der Waals surface area contributed by atoms with E-state index in [1.807, 2.05) is 6.07 Å². The third-order valence-corrected chi connectivity index (χ3v) is 2.15. The fourth-order valence-electron chi connectivity index (χ4n) is 0.776. The Bertz CT molecular complexity index is 350. The molecule has 0 fully saturated rings. The smallest absolute Gasteiger partial charge is 0.0912 e. The summed E-state index contributed by atoms with van der Waals surface area (Å²) < 4.78 is 0. The Morgan fingerprint density at radius 2 is 2.08 bits per heavy atom. The molecular formula is C9H5Cl2N. The predicted molar refractivity (Wildman–Crippen MR) is 51.1 cm³/mol. The van der Waals surface area contributed by atoms with Gasteiger partial charge in [-0.15, -0.1) is 0 Å². The lowest BCUT2D eigenvalue weighted by atomic mass is 10.2. The fraction of sp³-hybridized carbons (Fsp3) is 0. The maximum Gasteiger partial charge on any atom is 0.0912 e. The first-order valence-electron chi connectivity index (χ1n) is 3.26. The van der Waals surface area contributed by atoms with Crippen molar-refractivity contribution in [2.24, 2.45) is 0 Å². The lowest BCUT2D eigenvalue weighted by Gasteiger charge is -1.98. The second-order valence-electron chi connectivity index (χ2n) is 2.11. The number of halogens is 2. The zero-order chi connectivity index (χ0) is 8.97. The van der Waals surface area contributed by atoms with Crippen LogP contribution in [-0.4, -0.2) is 0 Å². The van der Waals surface area contributed by atoms with E-state index < -0.39 is 0 Å². The second-order valence-corrected chi connectivity index (χ2v) is 2.89. The number of hydrogen-bond acceptors (Lipinski definition) is 1. The molecule has 60 valence electrons. The maximum atomic E-state index is 8.27. The zero-order valence-electron chi connectivity index (χ0n) is 6.09. The number of benzene rings is 1. The van der Waals surface area contributed by atoms with Gasteiger partial charge in [0.15, 0.2) is 0 Å². The van der Waals surface area contributed by atoms with Gasteiger partial charge in [0.25, 0.3) is 0 Å². The van der Waals surface area contributed by atoms with Gasteiger partial charge >= 0.3 is 0 Å². The van der Waals surface area contributed by atoms with Crippen molar-refractivity contribution in [2.75, 3.05) is 0 Å². The first kappa shape index (κ1) is 9.12. The van der Waals surface area contributed by atoms with E-state index in [1.54, 1.807) is 24.3 Å². The summed E-state index contributed by atoms with van der Waals surface area (Å²) in [4.78, 5) is 0. The number of nitriles is 1. The van der Waals surface area contributed by atoms with Crippen molar-refractivity contribution in [3.63, 3.8) is 0 Å². The Hall–Kier alpha value is -0.970. The quantitative estimate of drug-likeness (QED) is 0.633. The zero-order valence-corrected chi connectivity index (χ0v) is 7.60. The highest BCUT2D eigenvalue weighted by Crippen LogP contribution is 2.26. The number of allylic oxidation sites excluding steroid dienone is 1. The molecule has 1 aromatic carbocycles. The summed E-state index contributed by atoms with van der Waals surface area (Å²) in [6.45, 7) is 0. The van der Waals surface area contributed by atoms with Crippen molar-refractivity contribution in [1.82, 2.24) is 0 Å². The molecule has 1 nitrogen and oxygen atoms in total. The Kier molecular flexibility index (Phi) is 3.16. The average molecular weight is 198 g/mol. The Balaban J connectivity index is 3.10. The molecule has 0 aromatic heterocycles. The molecule has 1 rings (SSSR count). The van der Waals surface area contributed by atoms with Crippen molar-refractivity contribution in [3.05, 3.63) is 39.9 Å². The van der Waals surface area contributed by atoms with Gasteiger partial charge in [0.05, 0.1) is 16.1 Å². The standard InChI is InChI=1S/C9H5Cl2N/c10-8-5-1-3-7(9(8)11)4-2-6-12/h1-5H. The molecule has 0 aliphatic carbocycles. The lowest BCUT2D eigenvalue weighted by Crippen LogP contribution is -1.74. The highest BCUT2D eigenvalue weighted by molar-refractivity contribution is 6.42. The molecule has 0 heterocycles. The molecule has 3 heteroatoms. The molecule has 0 spiro atoms. The van der Waals surface area contributed by atoms with Crippen molar-refractivity contribution >= 4 is 29.3 Å². The third kappa shape index (κ3) is 2.01. The van der Waals surface area contributed by atoms with Crippen LogP contribution in [0.3, 0.4) is 0 Å². The molecular weight excluding hydrogens is 193 g/mol. The molecule has 0 bridgehead atoms. The first-order valence-corrected chi connectivity index (χ1v) is 4.01. The fourth-order valence-corrected chi connectivity index (χ4v) is 1.15. The monoisotopic (exact) mass is 197 g/mol. The highest BCUT2D eigenvalue weighted by atomic mass is 35.5. The van der Waals surface area contributed by atoms with Gasteiger partial charge in [0.2, 0.25) is 0 Å². The van der Waals surface area contributed by atoms with E-state index in [-0.39, 0.29) is 0 Å². The van der Waals surface area contributed by atoms with Crippen LogP contribution in [0.1, 0.15) is 5.56 Å². The summed E-state index contributed by atoms with van der Waals surface area (Å²) >= 11 is 11.6. The molecule has 1 aromatic rings. The number of rotatable bonds is 1. The minimum Gasteiger partial charge on any atom is -0.193 e. The lowest BCUT2D eigenvalue weighted by molar-refractivity contribution is 1.54. The molecule has 0 aliphatic heterocycles. The van der Waals surface area contributed by atoms with Crippen LogP contribution in [0.2, 0.25) is 10.0 Å². The summed E-state index contributed by atoms with van der Waals surface area (Å²) in [5, 5.41) is 9.25. The molecule has 0 aliphatic rings. The average Bonchev–Trinajstić information content (AvgIpc) is 2.08. The van der Waals surface area contributed by atoms with E-state index in [1.165, 1.54) is 6.08 Å². The second kappa shape index (κ2) is 4.15. The van der Waals surface area contributed by atoms with Gasteiger partial charge in [-0.1, -0.05) is 35.3 Å². The Morgan fingerprint density at radius 1 is 1.33 bits per heavy atom. The Morgan fingerprint density at radius 3 is 2.75 bits per heavy atom. The van der Waals surface area contributed by atoms with E-state index in [0.29, 0.717) is 10.0 Å². The molecule has 0 N–H and O–H groups in total. The van der Waals surface area contributed by atoms with Gasteiger partial charge in [-0.2, -0.15) is 5.26 Å². The summed E-state index contributed by atoms with van der Waals surface area (Å²) in [6, 6.07) is 7.16. The largest absolute Gasteiger partial charge is 0.193 e. The summed E-state index contributed by atoms with van der Waals surface area (Å²) in [6.07, 6.45) is 2.98. The third-order valence-electron chi connectivity index (χ3n) is 1.32. The molecule has 0 saturated carbocycles. The van der Waals surface area contributed by atoms with Gasteiger partial charge in [-0.05, 0) is 17.7 Å². The van der Waals surface area contributed by atoms with E-state index in [2.05, 4.69) is 0 Å². The van der Waals surface area contributed by atoms with E-state index in [0.717, 1.165) is 5.56 Å². The van der Waals surface area contributed by atoms with Gasteiger partial charge < -0.3 is 0 Å². The van der Waals surface area contributed by atoms with Crippen molar-refractivity contribution in [2.45, 2.75) is 0 Å². The number of nitrogens with zero attached hydrogens (tertiary/aromatic N) is 1. The first-order chi connectivity index (χ1) is 5.75. The number of hydrogen-bond donors (Lipinski definition) is 0. The Labute approximate surface area is 80.8 Å². The maximum absolute atomic E-state index is 8.27. The van der Waals surface area contributed by atoms with Crippen LogP contribution in [0.4, 0.5) is 0 Å². The normalized spacial score (nSPS) is 10.1. The van der Waals surface area contributed by atoms with Crippen LogP contribution in [0.15, 0.2) is 24.3 Å². The minimum atomic E-state index is 0.477. The van der Waals surface area contributed by atoms with E-state index >= 15 is 0 Å². The van der Waals surface area contributed by atoms with Crippen LogP contribution in [0.25, 0.3) is 6.08 Å². The predicted octanol–water partition coefficient (Wildman–Crippen LogP) is 3.53. The molecule has 0 radical (unpaired) electrons. The van der Waals surface area contributed by atoms with Crippen molar-refractivity contribution < 1.29 is 0 Å². The molecule has 0 atom stereocenters. The summed E-state index contributed by atoms with van der Waals surface area (Å²) in [5.41, 5.74) is 0.755. The topological polar surface area (TPSA) is 23.8 Å². The van der Waals surface area contributed by atoms with Crippen LogP contribution < -0.4 is 0 Å². The van der Waals surface area contributed by atoms with Crippen LogP contribution in [0, 0.1) is 11.3 Å². The van der Waals surface area contributed by atoms with E-state index in [9.17, 15) is 0 Å². The van der Waals surface area contributed by atoms with Crippen LogP contribution in [0.5, 0.6) is 0 Å². The molecule has 12 heavy (non-hydrogen) atoms. The van der Waals surface area contributed by atoms with Gasteiger partial charge in [-0.25, -0.2) is 0 Å². The van der Waals surface area contributed by atoms with Crippen LogP contribution >= 0.6 is 23.2 Å². The molecule has 0 amide bonds. The van der Waals surface area contributed by atoms with Crippen molar-refractivity contribution in [3.8, 4) is 6.07 Å².